The number of hydrogen-bond acceptors (Lipinski definition) is 4. The maximum atomic E-state index is 5.51. The largest absolute Gasteiger partial charge is 0.460 e. The fraction of sp³-hybridized carbons (Fsp3) is 0.222. The Morgan fingerprint density at radius 3 is 2.70 bits per heavy atom. The molecule has 0 atom stereocenters. The lowest BCUT2D eigenvalue weighted by molar-refractivity contribution is 0.527. The van der Waals surface area contributed by atoms with E-state index in [2.05, 4.69) is 39.7 Å². The molecule has 0 aliphatic carbocycles. The number of aryl methyl sites for hydroxylation is 2. The highest BCUT2D eigenvalue weighted by Crippen LogP contribution is 2.05. The van der Waals surface area contributed by atoms with Crippen LogP contribution in [0.1, 0.15) is 22.8 Å². The third-order valence-electron chi connectivity index (χ3n) is 3.40. The fourth-order valence-corrected chi connectivity index (χ4v) is 3.03. The van der Waals surface area contributed by atoms with E-state index in [1.54, 1.807) is 17.6 Å². The molecule has 0 fully saturated rings. The molecule has 4 nitrogen and oxygen atoms in total. The van der Waals surface area contributed by atoms with Gasteiger partial charge in [-0.25, -0.2) is 4.68 Å². The average Bonchev–Trinajstić information content (AvgIpc) is 3.13. The molecule has 0 spiro atoms. The molecule has 0 bridgehead atoms. The Kier molecular flexibility index (Phi) is 4.88. The molecular formula is C18H19N3OS. The first kappa shape index (κ1) is 15.5. The molecule has 3 rings (SSSR count). The second kappa shape index (κ2) is 7.24. The van der Waals surface area contributed by atoms with Crippen LogP contribution in [-0.4, -0.2) is 17.4 Å². The molecule has 1 aromatic carbocycles. The van der Waals surface area contributed by atoms with Crippen molar-refractivity contribution >= 4 is 17.6 Å². The van der Waals surface area contributed by atoms with Gasteiger partial charge in [0.2, 0.25) is 4.80 Å². The summed E-state index contributed by atoms with van der Waals surface area (Å²) in [4.78, 5) is 5.58. The summed E-state index contributed by atoms with van der Waals surface area (Å²) in [6.45, 7) is 4.70. The molecule has 2 heterocycles. The van der Waals surface area contributed by atoms with Crippen molar-refractivity contribution in [3.05, 3.63) is 75.4 Å². The van der Waals surface area contributed by atoms with Crippen LogP contribution in [-0.2, 0) is 6.42 Å². The van der Waals surface area contributed by atoms with Crippen molar-refractivity contribution < 1.29 is 4.42 Å². The van der Waals surface area contributed by atoms with E-state index >= 15 is 0 Å². The summed E-state index contributed by atoms with van der Waals surface area (Å²) in [6, 6.07) is 14.2. The lowest BCUT2D eigenvalue weighted by atomic mass is 10.2. The van der Waals surface area contributed by atoms with Gasteiger partial charge in [-0.1, -0.05) is 30.3 Å². The van der Waals surface area contributed by atoms with Crippen LogP contribution in [0.15, 0.2) is 62.4 Å². The molecule has 0 amide bonds. The molecule has 5 heteroatoms. The number of furan rings is 1. The van der Waals surface area contributed by atoms with Crippen LogP contribution in [0.3, 0.4) is 0 Å². The minimum absolute atomic E-state index is 0.746. The van der Waals surface area contributed by atoms with Gasteiger partial charge in [0.25, 0.3) is 0 Å². The highest BCUT2D eigenvalue weighted by molar-refractivity contribution is 7.07. The summed E-state index contributed by atoms with van der Waals surface area (Å²) in [6.07, 6.45) is 2.65. The number of thiazole rings is 1. The Balaban J connectivity index is 1.75. The van der Waals surface area contributed by atoms with Crippen LogP contribution in [0, 0.1) is 13.8 Å². The molecule has 118 valence electrons. The van der Waals surface area contributed by atoms with Crippen molar-refractivity contribution in [2.75, 3.05) is 6.54 Å². The quantitative estimate of drug-likeness (QED) is 0.658. The van der Waals surface area contributed by atoms with E-state index < -0.39 is 0 Å². The number of aromatic nitrogens is 1. The molecule has 0 radical (unpaired) electrons. The Morgan fingerprint density at radius 1 is 1.13 bits per heavy atom. The molecule has 0 N–H and O–H groups in total. The van der Waals surface area contributed by atoms with Crippen LogP contribution in [0.5, 0.6) is 0 Å². The second-order valence-electron chi connectivity index (χ2n) is 5.28. The smallest absolute Gasteiger partial charge is 0.205 e. The maximum Gasteiger partial charge on any atom is 0.205 e. The summed E-state index contributed by atoms with van der Waals surface area (Å²) in [7, 11) is 0. The molecule has 0 saturated heterocycles. The predicted molar refractivity (Wildman–Crippen MR) is 94.1 cm³/mol. The van der Waals surface area contributed by atoms with Crippen LogP contribution >= 0.6 is 11.3 Å². The van der Waals surface area contributed by atoms with E-state index in [1.165, 1.54) is 5.56 Å². The van der Waals surface area contributed by atoms with Crippen LogP contribution in [0.2, 0.25) is 0 Å². The van der Waals surface area contributed by atoms with E-state index in [1.807, 2.05) is 36.7 Å². The lowest BCUT2D eigenvalue weighted by Gasteiger charge is -1.98. The predicted octanol–water partition coefficient (Wildman–Crippen LogP) is 3.79. The zero-order valence-electron chi connectivity index (χ0n) is 13.3. The molecule has 0 aliphatic rings. The normalized spacial score (nSPS) is 12.3. The number of benzene rings is 1. The number of rotatable bonds is 5. The third-order valence-corrected chi connectivity index (χ3v) is 4.37. The minimum atomic E-state index is 0.746. The fourth-order valence-electron chi connectivity index (χ4n) is 2.20. The SMILES string of the molecule is Cc1ccc(C=Nn2c(C)csc2=NCCc2ccccc2)o1. The first-order chi connectivity index (χ1) is 11.2. The van der Waals surface area contributed by atoms with E-state index in [4.69, 9.17) is 4.42 Å². The summed E-state index contributed by atoms with van der Waals surface area (Å²) in [5, 5.41) is 6.55. The molecule has 23 heavy (non-hydrogen) atoms. The van der Waals surface area contributed by atoms with E-state index in [0.29, 0.717) is 0 Å². The Hall–Kier alpha value is -2.40. The average molecular weight is 325 g/mol. The summed E-state index contributed by atoms with van der Waals surface area (Å²) in [5.41, 5.74) is 2.36. The van der Waals surface area contributed by atoms with Crippen molar-refractivity contribution in [1.82, 2.24) is 4.68 Å². The van der Waals surface area contributed by atoms with E-state index in [9.17, 15) is 0 Å². The van der Waals surface area contributed by atoms with Gasteiger partial charge in [0, 0.05) is 11.9 Å². The molecule has 2 aromatic heterocycles. The molecular weight excluding hydrogens is 306 g/mol. The highest BCUT2D eigenvalue weighted by atomic mass is 32.1. The Labute approximate surface area is 139 Å². The van der Waals surface area contributed by atoms with E-state index in [-0.39, 0.29) is 0 Å². The van der Waals surface area contributed by atoms with Crippen LogP contribution in [0.25, 0.3) is 0 Å². The van der Waals surface area contributed by atoms with Crippen molar-refractivity contribution in [3.8, 4) is 0 Å². The molecule has 0 unspecified atom stereocenters. The number of nitrogens with zero attached hydrogens (tertiary/aromatic N) is 3. The van der Waals surface area contributed by atoms with Gasteiger partial charge >= 0.3 is 0 Å². The zero-order chi connectivity index (χ0) is 16.1. The van der Waals surface area contributed by atoms with Crippen molar-refractivity contribution in [2.24, 2.45) is 10.1 Å². The zero-order valence-corrected chi connectivity index (χ0v) is 14.1. The van der Waals surface area contributed by atoms with Gasteiger partial charge in [-0.05, 0) is 38.0 Å². The van der Waals surface area contributed by atoms with Gasteiger partial charge in [0.1, 0.15) is 11.5 Å². The summed E-state index contributed by atoms with van der Waals surface area (Å²) >= 11 is 1.60. The van der Waals surface area contributed by atoms with E-state index in [0.717, 1.165) is 35.0 Å². The monoisotopic (exact) mass is 325 g/mol. The van der Waals surface area contributed by atoms with Gasteiger partial charge in [-0.3, -0.25) is 4.99 Å². The maximum absolute atomic E-state index is 5.51. The minimum Gasteiger partial charge on any atom is -0.460 e. The molecule has 3 aromatic rings. The number of hydrogen-bond donors (Lipinski definition) is 0. The standard InChI is InChI=1S/C18H19N3OS/c1-14-13-23-18(19-11-10-16-6-4-3-5-7-16)21(14)20-12-17-9-8-15(2)22-17/h3-9,12-13H,10-11H2,1-2H3. The second-order valence-corrected chi connectivity index (χ2v) is 6.12. The van der Waals surface area contributed by atoms with Crippen LogP contribution in [0.4, 0.5) is 0 Å². The summed E-state index contributed by atoms with van der Waals surface area (Å²) in [5.74, 6) is 1.63. The first-order valence-corrected chi connectivity index (χ1v) is 8.43. The lowest BCUT2D eigenvalue weighted by Crippen LogP contribution is -2.13. The molecule has 0 aliphatic heterocycles. The highest BCUT2D eigenvalue weighted by Gasteiger charge is 2.00. The Morgan fingerprint density at radius 2 is 1.96 bits per heavy atom. The van der Waals surface area contributed by atoms with Crippen molar-refractivity contribution in [1.29, 1.82) is 0 Å². The third kappa shape index (κ3) is 4.07. The van der Waals surface area contributed by atoms with Crippen molar-refractivity contribution in [3.63, 3.8) is 0 Å². The van der Waals surface area contributed by atoms with Gasteiger partial charge in [-0.2, -0.15) is 5.10 Å². The van der Waals surface area contributed by atoms with Gasteiger partial charge in [0.15, 0.2) is 0 Å². The van der Waals surface area contributed by atoms with Crippen LogP contribution < -0.4 is 4.80 Å². The van der Waals surface area contributed by atoms with Gasteiger partial charge in [-0.15, -0.1) is 11.3 Å². The Bertz CT molecular complexity index is 856. The van der Waals surface area contributed by atoms with Gasteiger partial charge in [0.05, 0.1) is 11.9 Å². The van der Waals surface area contributed by atoms with Gasteiger partial charge < -0.3 is 4.42 Å². The first-order valence-electron chi connectivity index (χ1n) is 7.55. The van der Waals surface area contributed by atoms with Crippen molar-refractivity contribution in [2.45, 2.75) is 20.3 Å². The topological polar surface area (TPSA) is 42.8 Å². The molecule has 0 saturated carbocycles. The summed E-state index contributed by atoms with van der Waals surface area (Å²) < 4.78 is 7.37.